The van der Waals surface area contributed by atoms with Crippen molar-refractivity contribution in [2.24, 2.45) is 0 Å². The zero-order valence-electron chi connectivity index (χ0n) is 10.3. The first-order chi connectivity index (χ1) is 9.20. The molecule has 2 N–H and O–H groups in total. The third-order valence-electron chi connectivity index (χ3n) is 3.18. The van der Waals surface area contributed by atoms with Crippen molar-refractivity contribution in [3.63, 3.8) is 0 Å². The van der Waals surface area contributed by atoms with E-state index < -0.39 is 0 Å². The Balaban J connectivity index is 2.67. The van der Waals surface area contributed by atoms with E-state index in [9.17, 15) is 10.0 Å². The second-order valence-corrected chi connectivity index (χ2v) is 4.47. The van der Waals surface area contributed by atoms with Crippen LogP contribution in [-0.2, 0) is 0 Å². The first kappa shape index (κ1) is 11.6. The van der Waals surface area contributed by atoms with Gasteiger partial charge in [0.2, 0.25) is 0 Å². The average Bonchev–Trinajstić information content (AvgIpc) is 2.53. The second kappa shape index (κ2) is 4.33. The van der Waals surface area contributed by atoms with Gasteiger partial charge in [0.05, 0.1) is 16.6 Å². The van der Waals surface area contributed by atoms with Crippen LogP contribution in [0.1, 0.15) is 5.56 Å². The van der Waals surface area contributed by atoms with Crippen molar-refractivity contribution in [2.45, 2.75) is 6.92 Å². The molecule has 0 fully saturated rings. The summed E-state index contributed by atoms with van der Waals surface area (Å²) in [5.74, 6) is 0. The number of rotatable bonds is 1. The Morgan fingerprint density at radius 3 is 2.53 bits per heavy atom. The van der Waals surface area contributed by atoms with Gasteiger partial charge in [0.15, 0.2) is 0 Å². The van der Waals surface area contributed by atoms with Crippen LogP contribution in [0, 0.1) is 6.92 Å². The molecule has 4 heteroatoms. The van der Waals surface area contributed by atoms with Gasteiger partial charge in [-0.3, -0.25) is 15.5 Å². The van der Waals surface area contributed by atoms with E-state index in [1.165, 1.54) is 0 Å². The van der Waals surface area contributed by atoms with Crippen molar-refractivity contribution < 1.29 is 5.21 Å². The van der Waals surface area contributed by atoms with Crippen LogP contribution in [0.3, 0.4) is 0 Å². The Morgan fingerprint density at radius 1 is 1.05 bits per heavy atom. The van der Waals surface area contributed by atoms with Gasteiger partial charge in [-0.2, -0.15) is 0 Å². The number of hydrogen-bond donors (Lipinski definition) is 2. The molecule has 94 valence electrons. The molecule has 3 rings (SSSR count). The van der Waals surface area contributed by atoms with Crippen LogP contribution in [0.5, 0.6) is 0 Å². The third kappa shape index (κ3) is 1.82. The minimum Gasteiger partial charge on any atom is -0.291 e. The first-order valence-electron chi connectivity index (χ1n) is 5.94. The predicted octanol–water partition coefficient (Wildman–Crippen LogP) is 2.86. The van der Waals surface area contributed by atoms with Gasteiger partial charge in [-0.25, -0.2) is 4.98 Å². The van der Waals surface area contributed by atoms with Crippen LogP contribution >= 0.6 is 0 Å². The fraction of sp³-hybridized carbons (Fsp3) is 0.0667. The minimum absolute atomic E-state index is 0.298. The summed E-state index contributed by atoms with van der Waals surface area (Å²) in [6.07, 6.45) is 0. The molecular weight excluding hydrogens is 240 g/mol. The Kier molecular flexibility index (Phi) is 2.65. The molecule has 3 aromatic rings. The largest absolute Gasteiger partial charge is 0.291 e. The Labute approximate surface area is 109 Å². The van der Waals surface area contributed by atoms with E-state index in [1.54, 1.807) is 18.2 Å². The molecule has 0 atom stereocenters. The number of benzene rings is 2. The molecule has 0 aliphatic rings. The lowest BCUT2D eigenvalue weighted by Crippen LogP contribution is -2.01. The molecule has 19 heavy (non-hydrogen) atoms. The Morgan fingerprint density at radius 2 is 1.79 bits per heavy atom. The molecular formula is C15H12N2O2. The summed E-state index contributed by atoms with van der Waals surface area (Å²) in [5, 5.41) is 11.3. The smallest absolute Gasteiger partial charge is 0.278 e. The number of hydrogen-bond acceptors (Lipinski definition) is 4. The van der Waals surface area contributed by atoms with E-state index in [2.05, 4.69) is 10.5 Å². The Hall–Kier alpha value is -2.46. The number of aromatic nitrogens is 1. The van der Waals surface area contributed by atoms with E-state index in [-0.39, 0.29) is 5.56 Å². The van der Waals surface area contributed by atoms with Gasteiger partial charge in [0.25, 0.3) is 5.56 Å². The summed E-state index contributed by atoms with van der Waals surface area (Å²) in [7, 11) is 0. The highest BCUT2D eigenvalue weighted by molar-refractivity contribution is 6.05. The van der Waals surface area contributed by atoms with Gasteiger partial charge in [-0.15, -0.1) is 0 Å². The number of anilines is 1. The lowest BCUT2D eigenvalue weighted by atomic mass is 10.1. The highest BCUT2D eigenvalue weighted by Gasteiger charge is 2.08. The van der Waals surface area contributed by atoms with Crippen LogP contribution in [0.2, 0.25) is 0 Å². The van der Waals surface area contributed by atoms with Crippen LogP contribution in [0.4, 0.5) is 5.69 Å². The molecule has 2 aromatic carbocycles. The lowest BCUT2D eigenvalue weighted by Gasteiger charge is -2.03. The van der Waals surface area contributed by atoms with E-state index in [0.29, 0.717) is 27.4 Å². The van der Waals surface area contributed by atoms with Crippen LogP contribution in [0.15, 0.2) is 47.3 Å². The van der Waals surface area contributed by atoms with Crippen molar-refractivity contribution in [3.05, 3.63) is 58.4 Å². The maximum Gasteiger partial charge on any atom is 0.278 e. The number of aryl methyl sites for hydroxylation is 1. The van der Waals surface area contributed by atoms with Crippen LogP contribution in [-0.4, -0.2) is 10.2 Å². The van der Waals surface area contributed by atoms with Gasteiger partial charge < -0.3 is 0 Å². The van der Waals surface area contributed by atoms with Crippen molar-refractivity contribution in [1.82, 2.24) is 4.98 Å². The first-order valence-corrected chi connectivity index (χ1v) is 5.94. The maximum atomic E-state index is 12.2. The summed E-state index contributed by atoms with van der Waals surface area (Å²) >= 11 is 0. The summed E-state index contributed by atoms with van der Waals surface area (Å²) < 4.78 is 0. The van der Waals surface area contributed by atoms with E-state index >= 15 is 0 Å². The van der Waals surface area contributed by atoms with Gasteiger partial charge in [0, 0.05) is 10.8 Å². The normalized spacial score (nSPS) is 10.8. The standard InChI is InChI=1S/C15H12N2O2/c1-9-6-7-12-13(8-9)16-15(18)11-5-3-2-4-10(11)14(12)17-19/h2-8,17,19H,1H3. The van der Waals surface area contributed by atoms with E-state index in [1.807, 2.05) is 31.2 Å². The average molecular weight is 252 g/mol. The summed E-state index contributed by atoms with van der Waals surface area (Å²) in [6.45, 7) is 1.93. The third-order valence-corrected chi connectivity index (χ3v) is 3.18. The quantitative estimate of drug-likeness (QED) is 0.654. The molecule has 0 radical (unpaired) electrons. The summed E-state index contributed by atoms with van der Waals surface area (Å²) in [6, 6.07) is 12.7. The number of nitrogens with one attached hydrogen (secondary N) is 1. The zero-order chi connectivity index (χ0) is 13.4. The molecule has 0 spiro atoms. The molecule has 0 saturated heterocycles. The van der Waals surface area contributed by atoms with Gasteiger partial charge in [-0.05, 0) is 24.6 Å². The zero-order valence-corrected chi connectivity index (χ0v) is 10.3. The summed E-state index contributed by atoms with van der Waals surface area (Å²) in [5.41, 5.74) is 3.98. The molecule has 1 aromatic heterocycles. The van der Waals surface area contributed by atoms with Crippen molar-refractivity contribution in [2.75, 3.05) is 5.48 Å². The van der Waals surface area contributed by atoms with Crippen LogP contribution in [0.25, 0.3) is 21.7 Å². The second-order valence-electron chi connectivity index (χ2n) is 4.47. The number of fused-ring (bicyclic) bond motifs is 2. The molecule has 4 nitrogen and oxygen atoms in total. The SMILES string of the molecule is Cc1ccc2c(NO)c3ccccc3c(=O)nc2c1. The topological polar surface area (TPSA) is 62.2 Å². The van der Waals surface area contributed by atoms with Gasteiger partial charge >= 0.3 is 0 Å². The van der Waals surface area contributed by atoms with Crippen molar-refractivity contribution in [3.8, 4) is 0 Å². The van der Waals surface area contributed by atoms with Gasteiger partial charge in [0.1, 0.15) is 0 Å². The molecule has 1 heterocycles. The Bertz CT molecular complexity index is 844. The minimum atomic E-state index is -0.298. The van der Waals surface area contributed by atoms with E-state index in [4.69, 9.17) is 0 Å². The van der Waals surface area contributed by atoms with Gasteiger partial charge in [-0.1, -0.05) is 30.3 Å². The van der Waals surface area contributed by atoms with Crippen LogP contribution < -0.4 is 11.0 Å². The maximum absolute atomic E-state index is 12.2. The lowest BCUT2D eigenvalue weighted by molar-refractivity contribution is 0.390. The fourth-order valence-electron chi connectivity index (χ4n) is 2.27. The highest BCUT2D eigenvalue weighted by atomic mass is 16.5. The predicted molar refractivity (Wildman–Crippen MR) is 75.7 cm³/mol. The molecule has 0 aliphatic heterocycles. The van der Waals surface area contributed by atoms with Crippen molar-refractivity contribution >= 4 is 27.4 Å². The highest BCUT2D eigenvalue weighted by Crippen LogP contribution is 2.27. The molecule has 0 saturated carbocycles. The van der Waals surface area contributed by atoms with E-state index in [0.717, 1.165) is 5.56 Å². The number of nitrogens with zero attached hydrogens (tertiary/aromatic N) is 1. The van der Waals surface area contributed by atoms with Crippen molar-refractivity contribution in [1.29, 1.82) is 0 Å². The molecule has 0 aliphatic carbocycles. The molecule has 0 bridgehead atoms. The molecule has 0 amide bonds. The molecule has 0 unspecified atom stereocenters. The summed E-state index contributed by atoms with van der Waals surface area (Å²) in [4.78, 5) is 16.3. The monoisotopic (exact) mass is 252 g/mol. The fourth-order valence-corrected chi connectivity index (χ4v) is 2.27.